The maximum Gasteiger partial charge on any atom is 0.295 e. The molecule has 0 aliphatic rings. The molecule has 2 aromatic rings. The molecule has 0 aliphatic heterocycles. The minimum atomic E-state index is -0.714. The van der Waals surface area contributed by atoms with Crippen molar-refractivity contribution < 1.29 is 14.4 Å². The Morgan fingerprint density at radius 1 is 1.04 bits per heavy atom. The molecular weight excluding hydrogens is 344 g/mol. The number of hydrogen-bond acceptors (Lipinski definition) is 4. The van der Waals surface area contributed by atoms with Crippen molar-refractivity contribution in [1.82, 2.24) is 19.6 Å². The quantitative estimate of drug-likeness (QED) is 0.552. The molecule has 2 amide bonds. The average molecular weight is 370 g/mol. The average Bonchev–Trinajstić information content (AvgIpc) is 2.96. The van der Waals surface area contributed by atoms with Gasteiger partial charge in [0.25, 0.3) is 11.7 Å². The molecule has 0 radical (unpaired) electrons. The molecular formula is C20H26N4O3. The third-order valence-electron chi connectivity index (χ3n) is 4.55. The van der Waals surface area contributed by atoms with E-state index in [9.17, 15) is 14.4 Å². The third-order valence-corrected chi connectivity index (χ3v) is 4.55. The van der Waals surface area contributed by atoms with Gasteiger partial charge in [0.1, 0.15) is 0 Å². The van der Waals surface area contributed by atoms with Gasteiger partial charge in [-0.15, -0.1) is 0 Å². The second-order valence-electron chi connectivity index (χ2n) is 6.35. The zero-order valence-corrected chi connectivity index (χ0v) is 16.5. The largest absolute Gasteiger partial charge is 0.342 e. The standard InChI is InChI=1S/C20H26N4O3/c1-6-23(7-2)17(25)13-22(5)20(27)19(26)18-14(3)21-24(15(18)4)16-11-9-8-10-12-16/h8-12H,6-7,13H2,1-5H3. The smallest absolute Gasteiger partial charge is 0.295 e. The van der Waals surface area contributed by atoms with Crippen LogP contribution >= 0.6 is 0 Å². The number of likely N-dealkylation sites (N-methyl/N-ethyl adjacent to an activating group) is 2. The van der Waals surface area contributed by atoms with Crippen molar-refractivity contribution in [2.45, 2.75) is 27.7 Å². The first-order valence-corrected chi connectivity index (χ1v) is 9.00. The van der Waals surface area contributed by atoms with Crippen LogP contribution in [0.1, 0.15) is 35.6 Å². The van der Waals surface area contributed by atoms with Gasteiger partial charge >= 0.3 is 0 Å². The van der Waals surface area contributed by atoms with E-state index in [2.05, 4.69) is 5.10 Å². The lowest BCUT2D eigenvalue weighted by Crippen LogP contribution is -2.43. The Kier molecular flexibility index (Phi) is 6.50. The lowest BCUT2D eigenvalue weighted by atomic mass is 10.1. The van der Waals surface area contributed by atoms with Gasteiger partial charge in [0, 0.05) is 20.1 Å². The van der Waals surface area contributed by atoms with Crippen molar-refractivity contribution in [3.63, 3.8) is 0 Å². The Morgan fingerprint density at radius 2 is 1.63 bits per heavy atom. The summed E-state index contributed by atoms with van der Waals surface area (Å²) in [5.41, 5.74) is 2.18. The molecule has 1 aromatic carbocycles. The van der Waals surface area contributed by atoms with E-state index in [1.807, 2.05) is 44.2 Å². The summed E-state index contributed by atoms with van der Waals surface area (Å²) in [5, 5.41) is 4.41. The second kappa shape index (κ2) is 8.62. The number of ketones is 1. The van der Waals surface area contributed by atoms with Crippen molar-refractivity contribution in [3.8, 4) is 5.69 Å². The summed E-state index contributed by atoms with van der Waals surface area (Å²) in [7, 11) is 1.47. The van der Waals surface area contributed by atoms with Crippen LogP contribution in [0.2, 0.25) is 0 Å². The third kappa shape index (κ3) is 4.24. The van der Waals surface area contributed by atoms with Crippen molar-refractivity contribution in [2.75, 3.05) is 26.7 Å². The minimum absolute atomic E-state index is 0.128. The first-order valence-electron chi connectivity index (χ1n) is 9.00. The van der Waals surface area contributed by atoms with E-state index in [1.165, 1.54) is 11.9 Å². The summed E-state index contributed by atoms with van der Waals surface area (Å²) in [5.74, 6) is -1.55. The Bertz CT molecular complexity index is 838. The van der Waals surface area contributed by atoms with E-state index in [-0.39, 0.29) is 18.0 Å². The number of rotatable bonds is 7. The molecule has 2 rings (SSSR count). The molecule has 0 atom stereocenters. The number of carbonyl (C=O) groups is 3. The summed E-state index contributed by atoms with van der Waals surface area (Å²) < 4.78 is 1.65. The Balaban J connectivity index is 2.23. The first-order chi connectivity index (χ1) is 12.8. The first kappa shape index (κ1) is 20.4. The van der Waals surface area contributed by atoms with E-state index in [0.717, 1.165) is 5.69 Å². The SMILES string of the molecule is CCN(CC)C(=O)CN(C)C(=O)C(=O)c1c(C)nn(-c2ccccc2)c1C. The fraction of sp³-hybridized carbons (Fsp3) is 0.400. The van der Waals surface area contributed by atoms with Gasteiger partial charge in [0.05, 0.1) is 29.2 Å². The molecule has 1 aromatic heterocycles. The van der Waals surface area contributed by atoms with Crippen molar-refractivity contribution in [1.29, 1.82) is 0 Å². The van der Waals surface area contributed by atoms with Gasteiger partial charge in [-0.1, -0.05) is 18.2 Å². The van der Waals surface area contributed by atoms with Crippen LogP contribution in [0, 0.1) is 13.8 Å². The van der Waals surface area contributed by atoms with Gasteiger partial charge in [-0.25, -0.2) is 4.68 Å². The van der Waals surface area contributed by atoms with Crippen LogP contribution < -0.4 is 0 Å². The number of aromatic nitrogens is 2. The summed E-state index contributed by atoms with van der Waals surface area (Å²) >= 11 is 0. The molecule has 7 heteroatoms. The van der Waals surface area contributed by atoms with Crippen LogP contribution in [0.15, 0.2) is 30.3 Å². The highest BCUT2D eigenvalue weighted by molar-refractivity contribution is 6.43. The number of benzene rings is 1. The molecule has 1 heterocycles. The zero-order chi connectivity index (χ0) is 20.1. The summed E-state index contributed by atoms with van der Waals surface area (Å²) in [6.45, 7) is 8.21. The fourth-order valence-corrected chi connectivity index (χ4v) is 3.02. The number of para-hydroxylation sites is 1. The van der Waals surface area contributed by atoms with Gasteiger partial charge in [0.15, 0.2) is 0 Å². The molecule has 0 saturated heterocycles. The number of amides is 2. The second-order valence-corrected chi connectivity index (χ2v) is 6.35. The summed E-state index contributed by atoms with van der Waals surface area (Å²) in [6.07, 6.45) is 0. The maximum absolute atomic E-state index is 12.8. The molecule has 0 spiro atoms. The summed E-state index contributed by atoms with van der Waals surface area (Å²) in [6, 6.07) is 9.41. The number of nitrogens with zero attached hydrogens (tertiary/aromatic N) is 4. The monoisotopic (exact) mass is 370 g/mol. The molecule has 0 saturated carbocycles. The van der Waals surface area contributed by atoms with Gasteiger partial charge in [-0.3, -0.25) is 14.4 Å². The van der Waals surface area contributed by atoms with Crippen molar-refractivity contribution in [3.05, 3.63) is 47.3 Å². The van der Waals surface area contributed by atoms with Crippen LogP contribution in [-0.2, 0) is 9.59 Å². The number of hydrogen-bond donors (Lipinski definition) is 0. The molecule has 7 nitrogen and oxygen atoms in total. The minimum Gasteiger partial charge on any atom is -0.342 e. The number of Topliss-reactive ketones (excluding diaryl/α,β-unsaturated/α-hetero) is 1. The lowest BCUT2D eigenvalue weighted by Gasteiger charge is -2.22. The predicted octanol–water partition coefficient (Wildman–Crippen LogP) is 2.00. The molecule has 0 bridgehead atoms. The van der Waals surface area contributed by atoms with Crippen LogP contribution in [-0.4, -0.2) is 63.9 Å². The zero-order valence-electron chi connectivity index (χ0n) is 16.5. The van der Waals surface area contributed by atoms with E-state index in [1.54, 1.807) is 23.4 Å². The Labute approximate surface area is 159 Å². The van der Waals surface area contributed by atoms with E-state index in [0.29, 0.717) is 24.5 Å². The topological polar surface area (TPSA) is 75.5 Å². The van der Waals surface area contributed by atoms with E-state index < -0.39 is 11.7 Å². The van der Waals surface area contributed by atoms with Gasteiger partial charge in [-0.2, -0.15) is 5.10 Å². The normalized spacial score (nSPS) is 10.6. The number of aryl methyl sites for hydroxylation is 1. The molecule has 0 aliphatic carbocycles. The molecule has 27 heavy (non-hydrogen) atoms. The van der Waals surface area contributed by atoms with Gasteiger partial charge < -0.3 is 9.80 Å². The van der Waals surface area contributed by atoms with Crippen LogP contribution in [0.25, 0.3) is 5.69 Å². The summed E-state index contributed by atoms with van der Waals surface area (Å²) in [4.78, 5) is 40.4. The van der Waals surface area contributed by atoms with Crippen LogP contribution in [0.5, 0.6) is 0 Å². The highest BCUT2D eigenvalue weighted by Crippen LogP contribution is 2.19. The Morgan fingerprint density at radius 3 is 2.19 bits per heavy atom. The fourth-order valence-electron chi connectivity index (χ4n) is 3.02. The molecule has 0 N–H and O–H groups in total. The Hall–Kier alpha value is -2.96. The molecule has 144 valence electrons. The maximum atomic E-state index is 12.8. The predicted molar refractivity (Wildman–Crippen MR) is 103 cm³/mol. The van der Waals surface area contributed by atoms with Crippen molar-refractivity contribution >= 4 is 17.6 Å². The number of carbonyl (C=O) groups excluding carboxylic acids is 3. The van der Waals surface area contributed by atoms with Crippen molar-refractivity contribution in [2.24, 2.45) is 0 Å². The highest BCUT2D eigenvalue weighted by Gasteiger charge is 2.28. The molecule has 0 fully saturated rings. The van der Waals surface area contributed by atoms with E-state index in [4.69, 9.17) is 0 Å². The van der Waals surface area contributed by atoms with Gasteiger partial charge in [-0.05, 0) is 39.8 Å². The van der Waals surface area contributed by atoms with Crippen LogP contribution in [0.3, 0.4) is 0 Å². The van der Waals surface area contributed by atoms with E-state index >= 15 is 0 Å². The molecule has 0 unspecified atom stereocenters. The van der Waals surface area contributed by atoms with Crippen LogP contribution in [0.4, 0.5) is 0 Å². The highest BCUT2D eigenvalue weighted by atomic mass is 16.2. The lowest BCUT2D eigenvalue weighted by molar-refractivity contribution is -0.137. The van der Waals surface area contributed by atoms with Gasteiger partial charge in [0.2, 0.25) is 5.91 Å².